The number of benzene rings is 1. The van der Waals surface area contributed by atoms with Gasteiger partial charge in [0, 0.05) is 47.8 Å². The number of nitrogens with zero attached hydrogens (tertiary/aromatic N) is 3. The van der Waals surface area contributed by atoms with Crippen LogP contribution in [0.4, 0.5) is 5.82 Å². The van der Waals surface area contributed by atoms with Crippen molar-refractivity contribution in [3.63, 3.8) is 0 Å². The normalized spacial score (nSPS) is 15.0. The average Bonchev–Trinajstić information content (AvgIpc) is 2.99. The summed E-state index contributed by atoms with van der Waals surface area (Å²) in [5.41, 5.74) is 1.68. The lowest BCUT2D eigenvalue weighted by molar-refractivity contribution is 0.0716. The highest BCUT2D eigenvalue weighted by molar-refractivity contribution is 9.10. The van der Waals surface area contributed by atoms with E-state index >= 15 is 0 Å². The number of fused-ring (bicyclic) bond motifs is 1. The van der Waals surface area contributed by atoms with Crippen LogP contribution in [0.15, 0.2) is 51.5 Å². The topological polar surface area (TPSA) is 49.6 Å². The van der Waals surface area contributed by atoms with Crippen LogP contribution in [0.25, 0.3) is 11.0 Å². The number of piperazine rings is 1. The van der Waals surface area contributed by atoms with Crippen molar-refractivity contribution < 1.29 is 9.21 Å². The van der Waals surface area contributed by atoms with Gasteiger partial charge in [-0.3, -0.25) is 4.79 Å². The fourth-order valence-electron chi connectivity index (χ4n) is 3.22. The number of hydrogen-bond donors (Lipinski definition) is 0. The van der Waals surface area contributed by atoms with Crippen molar-refractivity contribution in [3.05, 3.63) is 58.4 Å². The van der Waals surface area contributed by atoms with E-state index in [1.807, 2.05) is 48.2 Å². The number of amides is 1. The third-order valence-electron chi connectivity index (χ3n) is 4.64. The van der Waals surface area contributed by atoms with Crippen molar-refractivity contribution in [2.45, 2.75) is 6.92 Å². The predicted molar refractivity (Wildman–Crippen MR) is 101 cm³/mol. The van der Waals surface area contributed by atoms with Crippen LogP contribution in [-0.4, -0.2) is 42.0 Å². The molecule has 25 heavy (non-hydrogen) atoms. The number of rotatable bonds is 2. The van der Waals surface area contributed by atoms with E-state index in [0.29, 0.717) is 18.8 Å². The highest BCUT2D eigenvalue weighted by Gasteiger charge is 2.27. The molecule has 3 heterocycles. The second kappa shape index (κ2) is 6.52. The van der Waals surface area contributed by atoms with Gasteiger partial charge in [-0.05, 0) is 41.1 Å². The largest absolute Gasteiger partial charge is 0.451 e. The second-order valence-electron chi connectivity index (χ2n) is 6.17. The zero-order valence-electron chi connectivity index (χ0n) is 13.9. The average molecular weight is 400 g/mol. The molecule has 0 saturated carbocycles. The van der Waals surface area contributed by atoms with E-state index in [9.17, 15) is 4.79 Å². The lowest BCUT2D eigenvalue weighted by Gasteiger charge is -2.35. The van der Waals surface area contributed by atoms with Crippen molar-refractivity contribution >= 4 is 38.6 Å². The number of carbonyl (C=O) groups is 1. The molecule has 1 saturated heterocycles. The van der Waals surface area contributed by atoms with Gasteiger partial charge in [-0.25, -0.2) is 4.98 Å². The van der Waals surface area contributed by atoms with Gasteiger partial charge in [-0.15, -0.1) is 0 Å². The smallest absolute Gasteiger partial charge is 0.290 e. The molecule has 1 aliphatic rings. The van der Waals surface area contributed by atoms with Crippen LogP contribution in [0.1, 0.15) is 16.1 Å². The van der Waals surface area contributed by atoms with Crippen LogP contribution in [-0.2, 0) is 0 Å². The van der Waals surface area contributed by atoms with E-state index in [0.717, 1.165) is 39.9 Å². The molecule has 5 nitrogen and oxygen atoms in total. The minimum atomic E-state index is -0.0304. The summed E-state index contributed by atoms with van der Waals surface area (Å²) in [5.74, 6) is 1.36. The van der Waals surface area contributed by atoms with Crippen LogP contribution in [0, 0.1) is 6.92 Å². The molecular formula is C19H18BrN3O2. The number of furan rings is 1. The first-order chi connectivity index (χ1) is 12.1. The Morgan fingerprint density at radius 1 is 1.12 bits per heavy atom. The zero-order valence-corrected chi connectivity index (χ0v) is 15.5. The maximum atomic E-state index is 12.9. The summed E-state index contributed by atoms with van der Waals surface area (Å²) in [7, 11) is 0. The number of carbonyl (C=O) groups excluding carboxylic acids is 1. The number of aromatic nitrogens is 1. The summed E-state index contributed by atoms with van der Waals surface area (Å²) in [6, 6.07) is 11.7. The number of anilines is 1. The van der Waals surface area contributed by atoms with Crippen molar-refractivity contribution in [3.8, 4) is 0 Å². The third-order valence-corrected chi connectivity index (χ3v) is 5.11. The minimum absolute atomic E-state index is 0.0304. The van der Waals surface area contributed by atoms with Gasteiger partial charge < -0.3 is 14.2 Å². The molecule has 0 spiro atoms. The van der Waals surface area contributed by atoms with Crippen molar-refractivity contribution in [2.75, 3.05) is 31.1 Å². The number of para-hydroxylation sites is 1. The molecule has 1 aromatic carbocycles. The molecule has 128 valence electrons. The Bertz CT molecular complexity index is 912. The molecule has 3 aromatic rings. The van der Waals surface area contributed by atoms with E-state index in [-0.39, 0.29) is 5.91 Å². The summed E-state index contributed by atoms with van der Waals surface area (Å²) in [6.07, 6.45) is 1.80. The molecule has 4 rings (SSSR count). The highest BCUT2D eigenvalue weighted by Crippen LogP contribution is 2.26. The molecule has 0 radical (unpaired) electrons. The molecule has 1 aliphatic heterocycles. The van der Waals surface area contributed by atoms with Crippen LogP contribution in [0.5, 0.6) is 0 Å². The third kappa shape index (κ3) is 3.02. The van der Waals surface area contributed by atoms with Crippen LogP contribution in [0.2, 0.25) is 0 Å². The predicted octanol–water partition coefficient (Wildman–Crippen LogP) is 3.86. The summed E-state index contributed by atoms with van der Waals surface area (Å²) >= 11 is 3.40. The molecule has 1 amide bonds. The Kier molecular flexibility index (Phi) is 4.21. The molecule has 0 aliphatic carbocycles. The zero-order chi connectivity index (χ0) is 17.4. The molecule has 0 bridgehead atoms. The fourth-order valence-corrected chi connectivity index (χ4v) is 3.45. The van der Waals surface area contributed by atoms with Crippen molar-refractivity contribution in [1.82, 2.24) is 9.88 Å². The van der Waals surface area contributed by atoms with Gasteiger partial charge in [0.15, 0.2) is 5.76 Å². The summed E-state index contributed by atoms with van der Waals surface area (Å²) in [5, 5.41) is 1.00. The van der Waals surface area contributed by atoms with Crippen LogP contribution >= 0.6 is 15.9 Å². The number of hydrogen-bond acceptors (Lipinski definition) is 4. The molecule has 2 aromatic heterocycles. The van der Waals surface area contributed by atoms with Gasteiger partial charge in [0.25, 0.3) is 5.91 Å². The Morgan fingerprint density at radius 3 is 2.56 bits per heavy atom. The van der Waals surface area contributed by atoms with E-state index in [2.05, 4.69) is 25.8 Å². The maximum absolute atomic E-state index is 12.9. The first-order valence-electron chi connectivity index (χ1n) is 8.27. The lowest BCUT2D eigenvalue weighted by atomic mass is 10.1. The Morgan fingerprint density at radius 2 is 1.88 bits per heavy atom. The van der Waals surface area contributed by atoms with E-state index in [1.54, 1.807) is 6.20 Å². The molecular weight excluding hydrogens is 382 g/mol. The van der Waals surface area contributed by atoms with Crippen molar-refractivity contribution in [2.24, 2.45) is 0 Å². The minimum Gasteiger partial charge on any atom is -0.451 e. The van der Waals surface area contributed by atoms with Gasteiger partial charge in [0.05, 0.1) is 0 Å². The fraction of sp³-hybridized carbons (Fsp3) is 0.263. The van der Waals surface area contributed by atoms with E-state index in [1.165, 1.54) is 0 Å². The van der Waals surface area contributed by atoms with Gasteiger partial charge in [0.2, 0.25) is 0 Å². The Labute approximate surface area is 154 Å². The monoisotopic (exact) mass is 399 g/mol. The van der Waals surface area contributed by atoms with E-state index < -0.39 is 0 Å². The van der Waals surface area contributed by atoms with Gasteiger partial charge in [-0.1, -0.05) is 18.2 Å². The highest BCUT2D eigenvalue weighted by atomic mass is 79.9. The maximum Gasteiger partial charge on any atom is 0.290 e. The number of pyridine rings is 1. The summed E-state index contributed by atoms with van der Waals surface area (Å²) in [4.78, 5) is 21.4. The van der Waals surface area contributed by atoms with Gasteiger partial charge in [0.1, 0.15) is 11.4 Å². The Balaban J connectivity index is 1.49. The van der Waals surface area contributed by atoms with Crippen LogP contribution in [0.3, 0.4) is 0 Å². The SMILES string of the molecule is Cc1c(C(=O)N2CCN(c3ccc(Br)cn3)CC2)oc2ccccc12. The quantitative estimate of drug-likeness (QED) is 0.656. The standard InChI is InChI=1S/C19H18BrN3O2/c1-13-15-4-2-3-5-16(15)25-18(13)19(24)23-10-8-22(9-11-23)17-7-6-14(20)12-21-17/h2-7,12H,8-11H2,1H3. The summed E-state index contributed by atoms with van der Waals surface area (Å²) < 4.78 is 6.78. The lowest BCUT2D eigenvalue weighted by Crippen LogP contribution is -2.49. The summed E-state index contributed by atoms with van der Waals surface area (Å²) in [6.45, 7) is 4.79. The number of halogens is 1. The van der Waals surface area contributed by atoms with Gasteiger partial charge in [-0.2, -0.15) is 0 Å². The molecule has 0 unspecified atom stereocenters. The number of aryl methyl sites for hydroxylation is 1. The molecule has 6 heteroatoms. The molecule has 1 fully saturated rings. The first kappa shape index (κ1) is 16.1. The molecule has 0 N–H and O–H groups in total. The Hall–Kier alpha value is -2.34. The first-order valence-corrected chi connectivity index (χ1v) is 9.06. The second-order valence-corrected chi connectivity index (χ2v) is 7.08. The molecule has 0 atom stereocenters. The van der Waals surface area contributed by atoms with Gasteiger partial charge >= 0.3 is 0 Å². The van der Waals surface area contributed by atoms with Crippen molar-refractivity contribution in [1.29, 1.82) is 0 Å². The van der Waals surface area contributed by atoms with E-state index in [4.69, 9.17) is 4.42 Å². The van der Waals surface area contributed by atoms with Crippen LogP contribution < -0.4 is 4.90 Å².